The molecule has 0 saturated heterocycles. The summed E-state index contributed by atoms with van der Waals surface area (Å²) in [5.41, 5.74) is 10.0. The zero-order valence-electron chi connectivity index (χ0n) is 29.4. The van der Waals surface area contributed by atoms with Crippen LogP contribution in [0.4, 0.5) is 0 Å². The van der Waals surface area contributed by atoms with Crippen molar-refractivity contribution in [1.29, 1.82) is 0 Å². The highest BCUT2D eigenvalue weighted by Gasteiger charge is 2.20. The van der Waals surface area contributed by atoms with Gasteiger partial charge in [0.1, 0.15) is 0 Å². The van der Waals surface area contributed by atoms with Gasteiger partial charge in [0.15, 0.2) is 17.5 Å². The zero-order chi connectivity index (χ0) is 35.8. The first-order valence-electron chi connectivity index (χ1n) is 18.3. The van der Waals surface area contributed by atoms with E-state index in [9.17, 15) is 0 Å². The number of hydrogen-bond acceptors (Lipinski definition) is 3. The Hall–Kier alpha value is -7.23. The summed E-state index contributed by atoms with van der Waals surface area (Å²) in [6.07, 6.45) is 0. The van der Waals surface area contributed by atoms with Crippen molar-refractivity contribution in [2.24, 2.45) is 0 Å². The first-order valence-corrected chi connectivity index (χ1v) is 18.3. The van der Waals surface area contributed by atoms with Gasteiger partial charge in [-0.1, -0.05) is 194 Å². The molecule has 0 atom stereocenters. The van der Waals surface area contributed by atoms with Crippen molar-refractivity contribution >= 4 is 32.3 Å². The van der Waals surface area contributed by atoms with Crippen molar-refractivity contribution in [3.63, 3.8) is 0 Å². The summed E-state index contributed by atoms with van der Waals surface area (Å²) >= 11 is 0. The quantitative estimate of drug-likeness (QED) is 0.163. The number of fused-ring (bicyclic) bond motifs is 3. The van der Waals surface area contributed by atoms with E-state index in [1.165, 1.54) is 49.4 Å². The molecule has 0 bridgehead atoms. The van der Waals surface area contributed by atoms with Gasteiger partial charge in [-0.25, -0.2) is 15.0 Å². The molecule has 0 radical (unpaired) electrons. The van der Waals surface area contributed by atoms with Crippen LogP contribution in [-0.4, -0.2) is 15.0 Å². The molecule has 0 aliphatic heterocycles. The van der Waals surface area contributed by atoms with E-state index in [4.69, 9.17) is 15.0 Å². The number of hydrogen-bond donors (Lipinski definition) is 0. The van der Waals surface area contributed by atoms with Crippen LogP contribution in [0.2, 0.25) is 0 Å². The Morgan fingerprint density at radius 2 is 0.667 bits per heavy atom. The van der Waals surface area contributed by atoms with Gasteiger partial charge in [0.2, 0.25) is 0 Å². The minimum atomic E-state index is 0.635. The maximum Gasteiger partial charge on any atom is 0.164 e. The van der Waals surface area contributed by atoms with Crippen LogP contribution in [0.3, 0.4) is 0 Å². The van der Waals surface area contributed by atoms with Crippen LogP contribution in [0.5, 0.6) is 0 Å². The molecule has 10 aromatic rings. The average molecular weight is 688 g/mol. The van der Waals surface area contributed by atoms with Gasteiger partial charge in [-0.05, 0) is 71.8 Å². The van der Waals surface area contributed by atoms with Gasteiger partial charge < -0.3 is 0 Å². The van der Waals surface area contributed by atoms with Crippen molar-refractivity contribution in [2.75, 3.05) is 0 Å². The maximum absolute atomic E-state index is 5.18. The van der Waals surface area contributed by atoms with E-state index in [0.29, 0.717) is 17.5 Å². The molecule has 0 spiro atoms. The Morgan fingerprint density at radius 3 is 1.35 bits per heavy atom. The van der Waals surface area contributed by atoms with E-state index < -0.39 is 0 Å². The molecule has 0 unspecified atom stereocenters. The topological polar surface area (TPSA) is 38.7 Å². The van der Waals surface area contributed by atoms with Gasteiger partial charge in [0.25, 0.3) is 0 Å². The van der Waals surface area contributed by atoms with Crippen molar-refractivity contribution in [3.05, 3.63) is 200 Å². The number of aromatic nitrogens is 3. The van der Waals surface area contributed by atoms with E-state index in [0.717, 1.165) is 33.0 Å². The molecule has 0 N–H and O–H groups in total. The summed E-state index contributed by atoms with van der Waals surface area (Å²) in [5.74, 6) is 1.93. The fraction of sp³-hybridized carbons (Fsp3) is 0. The third-order valence-electron chi connectivity index (χ3n) is 10.3. The number of rotatable bonds is 6. The molecular weight excluding hydrogens is 655 g/mol. The van der Waals surface area contributed by atoms with Crippen LogP contribution < -0.4 is 0 Å². The van der Waals surface area contributed by atoms with Gasteiger partial charge in [0.05, 0.1) is 0 Å². The van der Waals surface area contributed by atoms with Crippen LogP contribution >= 0.6 is 0 Å². The van der Waals surface area contributed by atoms with E-state index >= 15 is 0 Å². The van der Waals surface area contributed by atoms with Crippen molar-refractivity contribution < 1.29 is 0 Å². The van der Waals surface area contributed by atoms with Gasteiger partial charge in [-0.15, -0.1) is 0 Å². The molecule has 1 aromatic heterocycles. The summed E-state index contributed by atoms with van der Waals surface area (Å²) in [4.78, 5) is 15.3. The minimum absolute atomic E-state index is 0.635. The minimum Gasteiger partial charge on any atom is -0.208 e. The van der Waals surface area contributed by atoms with E-state index in [1.807, 2.05) is 18.2 Å². The number of benzene rings is 9. The summed E-state index contributed by atoms with van der Waals surface area (Å²) < 4.78 is 0. The number of nitrogens with zero attached hydrogens (tertiary/aromatic N) is 3. The highest BCUT2D eigenvalue weighted by molar-refractivity contribution is 6.22. The van der Waals surface area contributed by atoms with Crippen LogP contribution in [-0.2, 0) is 0 Å². The SMILES string of the molecule is c1ccc(-c2nc(-c3cccc(-c4c5ccccc5c(-c5ccccc5-c5ccccc5)c5ccccc45)c3)nc(-c3cccc4ccccc34)n2)cc1. The van der Waals surface area contributed by atoms with E-state index in [-0.39, 0.29) is 0 Å². The first kappa shape index (κ1) is 31.5. The summed E-state index contributed by atoms with van der Waals surface area (Å²) in [6.45, 7) is 0. The molecule has 252 valence electrons. The zero-order valence-corrected chi connectivity index (χ0v) is 29.4. The Labute approximate surface area is 313 Å². The summed E-state index contributed by atoms with van der Waals surface area (Å²) in [6, 6.07) is 70.6. The lowest BCUT2D eigenvalue weighted by Crippen LogP contribution is -2.00. The Bertz CT molecular complexity index is 2930. The molecule has 54 heavy (non-hydrogen) atoms. The van der Waals surface area contributed by atoms with Crippen molar-refractivity contribution in [1.82, 2.24) is 15.0 Å². The molecule has 9 aromatic carbocycles. The normalized spacial score (nSPS) is 11.3. The standard InChI is InChI=1S/C51H33N3/c1-3-17-34(18-4-1)39-25-9-10-27-41(39)48-44-30-13-11-28-42(44)47(43-29-12-14-31-45(43)48)37-23-15-24-38(33-37)50-52-49(36-20-5-2-6-21-36)53-51(54-50)46-32-16-22-35-19-7-8-26-40(35)46/h1-33H. The molecule has 0 aliphatic carbocycles. The smallest absolute Gasteiger partial charge is 0.164 e. The first-order chi connectivity index (χ1) is 26.8. The predicted octanol–water partition coefficient (Wildman–Crippen LogP) is 13.3. The van der Waals surface area contributed by atoms with Crippen molar-refractivity contribution in [3.8, 4) is 67.5 Å². The maximum atomic E-state index is 5.18. The lowest BCUT2D eigenvalue weighted by molar-refractivity contribution is 1.08. The Morgan fingerprint density at radius 1 is 0.241 bits per heavy atom. The lowest BCUT2D eigenvalue weighted by atomic mass is 9.83. The van der Waals surface area contributed by atoms with Crippen molar-refractivity contribution in [2.45, 2.75) is 0 Å². The largest absolute Gasteiger partial charge is 0.208 e. The summed E-state index contributed by atoms with van der Waals surface area (Å²) in [5, 5.41) is 7.08. The monoisotopic (exact) mass is 687 g/mol. The van der Waals surface area contributed by atoms with Crippen LogP contribution in [0.1, 0.15) is 0 Å². The average Bonchev–Trinajstić information content (AvgIpc) is 3.26. The molecule has 1 heterocycles. The van der Waals surface area contributed by atoms with E-state index in [2.05, 4.69) is 182 Å². The molecule has 0 fully saturated rings. The molecule has 0 saturated carbocycles. The summed E-state index contributed by atoms with van der Waals surface area (Å²) in [7, 11) is 0. The van der Waals surface area contributed by atoms with Gasteiger partial charge in [0, 0.05) is 16.7 Å². The second-order valence-corrected chi connectivity index (χ2v) is 13.5. The van der Waals surface area contributed by atoms with Crippen LogP contribution in [0.25, 0.3) is 99.9 Å². The predicted molar refractivity (Wildman–Crippen MR) is 225 cm³/mol. The lowest BCUT2D eigenvalue weighted by Gasteiger charge is -2.20. The molecule has 10 rings (SSSR count). The molecule has 0 amide bonds. The highest BCUT2D eigenvalue weighted by atomic mass is 15.0. The van der Waals surface area contributed by atoms with Gasteiger partial charge in [-0.2, -0.15) is 0 Å². The van der Waals surface area contributed by atoms with Crippen LogP contribution in [0, 0.1) is 0 Å². The Balaban J connectivity index is 1.20. The second-order valence-electron chi connectivity index (χ2n) is 13.5. The van der Waals surface area contributed by atoms with Gasteiger partial charge in [-0.3, -0.25) is 0 Å². The molecular formula is C51H33N3. The van der Waals surface area contributed by atoms with E-state index in [1.54, 1.807) is 0 Å². The molecule has 3 heteroatoms. The highest BCUT2D eigenvalue weighted by Crippen LogP contribution is 2.46. The molecule has 0 aliphatic rings. The fourth-order valence-electron chi connectivity index (χ4n) is 7.88. The third kappa shape index (κ3) is 5.51. The Kier molecular flexibility index (Phi) is 7.81. The second kappa shape index (κ2) is 13.4. The fourth-order valence-corrected chi connectivity index (χ4v) is 7.88. The molecule has 3 nitrogen and oxygen atoms in total. The van der Waals surface area contributed by atoms with Crippen LogP contribution in [0.15, 0.2) is 200 Å². The van der Waals surface area contributed by atoms with Gasteiger partial charge >= 0.3 is 0 Å². The third-order valence-corrected chi connectivity index (χ3v) is 10.3.